The van der Waals surface area contributed by atoms with E-state index in [2.05, 4.69) is 12.2 Å². The number of hydrogen-bond donors (Lipinski definition) is 1. The Morgan fingerprint density at radius 3 is 2.48 bits per heavy atom. The maximum absolute atomic E-state index is 13.5. The van der Waals surface area contributed by atoms with Gasteiger partial charge in [-0.2, -0.15) is 0 Å². The fourth-order valence-electron chi connectivity index (χ4n) is 2.32. The Hall–Kier alpha value is -1.45. The second-order valence-electron chi connectivity index (χ2n) is 5.01. The number of benzene rings is 2. The molecule has 21 heavy (non-hydrogen) atoms. The Kier molecular flexibility index (Phi) is 5.32. The van der Waals surface area contributed by atoms with Crippen LogP contribution in [0.1, 0.15) is 31.9 Å². The summed E-state index contributed by atoms with van der Waals surface area (Å²) in [6.45, 7) is 5.03. The summed E-state index contributed by atoms with van der Waals surface area (Å²) >= 11 is 6.09. The minimum absolute atomic E-state index is 0.102. The van der Waals surface area contributed by atoms with Gasteiger partial charge in [0.2, 0.25) is 0 Å². The summed E-state index contributed by atoms with van der Waals surface area (Å²) < 4.78 is 26.8. The molecule has 4 heteroatoms. The van der Waals surface area contributed by atoms with Crippen LogP contribution in [0.3, 0.4) is 0 Å². The Labute approximate surface area is 128 Å². The van der Waals surface area contributed by atoms with Crippen molar-refractivity contribution in [3.63, 3.8) is 0 Å². The predicted octanol–water partition coefficient (Wildman–Crippen LogP) is 5.35. The van der Waals surface area contributed by atoms with E-state index in [0.717, 1.165) is 36.2 Å². The first-order valence-electron chi connectivity index (χ1n) is 7.01. The minimum Gasteiger partial charge on any atom is -0.310 e. The minimum atomic E-state index is -0.932. The van der Waals surface area contributed by atoms with E-state index in [-0.39, 0.29) is 11.1 Å². The van der Waals surface area contributed by atoms with Gasteiger partial charge in [0.25, 0.3) is 0 Å². The number of rotatable bonds is 5. The first-order valence-corrected chi connectivity index (χ1v) is 7.39. The lowest BCUT2D eigenvalue weighted by Gasteiger charge is -2.18. The molecule has 0 fully saturated rings. The molecular weight excluding hydrogens is 292 g/mol. The van der Waals surface area contributed by atoms with Gasteiger partial charge in [0.15, 0.2) is 11.6 Å². The monoisotopic (exact) mass is 309 g/mol. The fourth-order valence-corrected chi connectivity index (χ4v) is 2.57. The van der Waals surface area contributed by atoms with Crippen molar-refractivity contribution < 1.29 is 8.78 Å². The quantitative estimate of drug-likeness (QED) is 0.734. The smallest absolute Gasteiger partial charge is 0.160 e. The van der Waals surface area contributed by atoms with Gasteiger partial charge in [-0.15, -0.1) is 0 Å². The topological polar surface area (TPSA) is 12.0 Å². The van der Waals surface area contributed by atoms with Crippen molar-refractivity contribution in [2.75, 3.05) is 6.54 Å². The highest BCUT2D eigenvalue weighted by molar-refractivity contribution is 6.33. The molecule has 0 saturated carbocycles. The third-order valence-corrected chi connectivity index (χ3v) is 3.74. The van der Waals surface area contributed by atoms with Gasteiger partial charge in [0.1, 0.15) is 0 Å². The van der Waals surface area contributed by atoms with Crippen molar-refractivity contribution in [1.29, 1.82) is 0 Å². The first kappa shape index (κ1) is 15.9. The van der Waals surface area contributed by atoms with Crippen LogP contribution in [0.15, 0.2) is 36.4 Å². The van der Waals surface area contributed by atoms with Crippen molar-refractivity contribution in [1.82, 2.24) is 5.32 Å². The third kappa shape index (κ3) is 3.60. The van der Waals surface area contributed by atoms with Crippen LogP contribution in [0.25, 0.3) is 11.1 Å². The van der Waals surface area contributed by atoms with E-state index < -0.39 is 11.6 Å². The molecule has 1 nitrogen and oxygen atoms in total. The van der Waals surface area contributed by atoms with Gasteiger partial charge in [0, 0.05) is 11.6 Å². The predicted molar refractivity (Wildman–Crippen MR) is 83.5 cm³/mol. The van der Waals surface area contributed by atoms with Crippen LogP contribution >= 0.6 is 11.6 Å². The van der Waals surface area contributed by atoms with E-state index in [1.54, 1.807) is 0 Å². The van der Waals surface area contributed by atoms with Crippen molar-refractivity contribution >= 4 is 11.6 Å². The highest BCUT2D eigenvalue weighted by Gasteiger charge is 2.15. The zero-order valence-corrected chi connectivity index (χ0v) is 12.8. The van der Waals surface area contributed by atoms with E-state index >= 15 is 0 Å². The second kappa shape index (κ2) is 7.01. The molecule has 0 radical (unpaired) electrons. The van der Waals surface area contributed by atoms with E-state index in [0.29, 0.717) is 5.56 Å². The summed E-state index contributed by atoms with van der Waals surface area (Å²) in [5, 5.41) is 3.61. The number of nitrogens with one attached hydrogen (secondary N) is 1. The van der Waals surface area contributed by atoms with E-state index in [1.807, 2.05) is 31.2 Å². The van der Waals surface area contributed by atoms with Crippen molar-refractivity contribution in [2.24, 2.45) is 0 Å². The van der Waals surface area contributed by atoms with Gasteiger partial charge in [-0.1, -0.05) is 42.8 Å². The molecule has 2 aromatic rings. The molecule has 2 aromatic carbocycles. The summed E-state index contributed by atoms with van der Waals surface area (Å²) in [4.78, 5) is 0. The third-order valence-electron chi connectivity index (χ3n) is 3.43. The molecular formula is C17H18ClF2N. The Morgan fingerprint density at radius 1 is 1.10 bits per heavy atom. The fraction of sp³-hybridized carbons (Fsp3) is 0.294. The molecule has 2 rings (SSSR count). The molecule has 112 valence electrons. The summed E-state index contributed by atoms with van der Waals surface area (Å²) in [5.41, 5.74) is 2.34. The number of hydrogen-bond acceptors (Lipinski definition) is 1. The molecule has 0 spiro atoms. The lowest BCUT2D eigenvalue weighted by atomic mass is 9.95. The molecule has 0 aliphatic rings. The Morgan fingerprint density at radius 2 is 1.76 bits per heavy atom. The van der Waals surface area contributed by atoms with Crippen LogP contribution in [0.4, 0.5) is 8.78 Å². The zero-order valence-electron chi connectivity index (χ0n) is 12.1. The molecule has 0 aliphatic heterocycles. The average molecular weight is 310 g/mol. The SMILES string of the molecule is CCCNC(C)c1ccccc1-c1cc(F)c(F)cc1Cl. The first-order chi connectivity index (χ1) is 10.0. The second-order valence-corrected chi connectivity index (χ2v) is 5.42. The van der Waals surface area contributed by atoms with Gasteiger partial charge in [-0.3, -0.25) is 0 Å². The standard InChI is InChI=1S/C17H18ClF2N/c1-3-8-21-11(2)12-6-4-5-7-13(12)14-9-16(19)17(20)10-15(14)18/h4-7,9-11,21H,3,8H2,1-2H3. The Bertz CT molecular complexity index is 628. The van der Waals surface area contributed by atoms with Gasteiger partial charge in [0.05, 0.1) is 5.02 Å². The van der Waals surface area contributed by atoms with Crippen molar-refractivity contribution in [3.05, 3.63) is 58.6 Å². The van der Waals surface area contributed by atoms with Crippen LogP contribution in [0.5, 0.6) is 0 Å². The highest BCUT2D eigenvalue weighted by Crippen LogP contribution is 2.34. The van der Waals surface area contributed by atoms with Crippen LogP contribution in [0, 0.1) is 11.6 Å². The molecule has 1 atom stereocenters. The maximum Gasteiger partial charge on any atom is 0.160 e. The Balaban J connectivity index is 2.47. The average Bonchev–Trinajstić information content (AvgIpc) is 2.48. The van der Waals surface area contributed by atoms with Gasteiger partial charge < -0.3 is 5.32 Å². The summed E-state index contributed by atoms with van der Waals surface area (Å²) in [6, 6.07) is 9.92. The van der Waals surface area contributed by atoms with Crippen LogP contribution < -0.4 is 5.32 Å². The van der Waals surface area contributed by atoms with Crippen molar-refractivity contribution in [2.45, 2.75) is 26.3 Å². The van der Waals surface area contributed by atoms with Gasteiger partial charge in [-0.05, 0) is 43.1 Å². The largest absolute Gasteiger partial charge is 0.310 e. The lowest BCUT2D eigenvalue weighted by molar-refractivity contribution is 0.509. The van der Waals surface area contributed by atoms with Crippen LogP contribution in [-0.2, 0) is 0 Å². The van der Waals surface area contributed by atoms with Gasteiger partial charge >= 0.3 is 0 Å². The highest BCUT2D eigenvalue weighted by atomic mass is 35.5. The van der Waals surface area contributed by atoms with E-state index in [1.165, 1.54) is 0 Å². The summed E-state index contributed by atoms with van der Waals surface area (Å²) in [7, 11) is 0. The van der Waals surface area contributed by atoms with Crippen LogP contribution in [-0.4, -0.2) is 6.54 Å². The zero-order chi connectivity index (χ0) is 15.4. The molecule has 0 amide bonds. The van der Waals surface area contributed by atoms with Crippen molar-refractivity contribution in [3.8, 4) is 11.1 Å². The normalized spacial score (nSPS) is 12.4. The molecule has 0 aliphatic carbocycles. The molecule has 1 unspecified atom stereocenters. The van der Waals surface area contributed by atoms with E-state index in [9.17, 15) is 8.78 Å². The van der Waals surface area contributed by atoms with Crippen LogP contribution in [0.2, 0.25) is 5.02 Å². The lowest BCUT2D eigenvalue weighted by Crippen LogP contribution is -2.19. The number of halogens is 3. The summed E-state index contributed by atoms with van der Waals surface area (Å²) in [6.07, 6.45) is 1.03. The van der Waals surface area contributed by atoms with Gasteiger partial charge in [-0.25, -0.2) is 8.78 Å². The molecule has 0 saturated heterocycles. The molecule has 0 bridgehead atoms. The molecule has 0 aromatic heterocycles. The van der Waals surface area contributed by atoms with E-state index in [4.69, 9.17) is 11.6 Å². The maximum atomic E-state index is 13.5. The molecule has 1 N–H and O–H groups in total. The summed E-state index contributed by atoms with van der Waals surface area (Å²) in [5.74, 6) is -1.82. The molecule has 0 heterocycles.